The Kier molecular flexibility index (Phi) is 3.23. The Hall–Kier alpha value is -1.06. The van der Waals surface area contributed by atoms with Gasteiger partial charge in [0.05, 0.1) is 6.61 Å². The van der Waals surface area contributed by atoms with Crippen molar-refractivity contribution in [1.82, 2.24) is 5.32 Å². The van der Waals surface area contributed by atoms with Gasteiger partial charge in [0.25, 0.3) is 0 Å². The molecule has 0 aliphatic carbocycles. The Balaban J connectivity index is 2.11. The maximum absolute atomic E-state index is 9.22. The summed E-state index contributed by atoms with van der Waals surface area (Å²) in [7, 11) is 1.74. The second kappa shape index (κ2) is 4.64. The number of aromatic hydroxyl groups is 1. The van der Waals surface area contributed by atoms with Gasteiger partial charge >= 0.3 is 0 Å². The van der Waals surface area contributed by atoms with Crippen molar-refractivity contribution in [3.63, 3.8) is 0 Å². The molecule has 1 aliphatic heterocycles. The summed E-state index contributed by atoms with van der Waals surface area (Å²) in [5.41, 5.74) is 1.23. The van der Waals surface area contributed by atoms with Crippen LogP contribution in [0.4, 0.5) is 0 Å². The molecule has 1 aliphatic rings. The summed E-state index contributed by atoms with van der Waals surface area (Å²) in [5.74, 6) is 0.861. The van der Waals surface area contributed by atoms with Crippen LogP contribution >= 0.6 is 0 Å². The summed E-state index contributed by atoms with van der Waals surface area (Å²) in [5, 5.41) is 12.7. The van der Waals surface area contributed by atoms with E-state index in [-0.39, 0.29) is 0 Å². The van der Waals surface area contributed by atoms with Crippen molar-refractivity contribution in [3.8, 4) is 5.75 Å². The Morgan fingerprint density at radius 1 is 1.40 bits per heavy atom. The second-order valence-corrected chi connectivity index (χ2v) is 4.03. The van der Waals surface area contributed by atoms with Gasteiger partial charge < -0.3 is 15.2 Å². The normalized spacial score (nSPS) is 25.7. The molecule has 2 atom stereocenters. The van der Waals surface area contributed by atoms with Gasteiger partial charge in [-0.1, -0.05) is 12.1 Å². The van der Waals surface area contributed by atoms with Crippen molar-refractivity contribution in [2.75, 3.05) is 20.3 Å². The predicted octanol–water partition coefficient (Wildman–Crippen LogP) is 1.69. The number of rotatable bonds is 3. The fourth-order valence-electron chi connectivity index (χ4n) is 2.22. The molecule has 1 aromatic rings. The molecule has 3 nitrogen and oxygen atoms in total. The summed E-state index contributed by atoms with van der Waals surface area (Å²) in [6.45, 7) is 1.83. The topological polar surface area (TPSA) is 41.5 Å². The Bertz CT molecular complexity index is 310. The molecule has 2 unspecified atom stereocenters. The van der Waals surface area contributed by atoms with E-state index >= 15 is 0 Å². The van der Waals surface area contributed by atoms with E-state index in [1.54, 1.807) is 19.2 Å². The van der Waals surface area contributed by atoms with Crippen molar-refractivity contribution in [1.29, 1.82) is 0 Å². The third kappa shape index (κ3) is 2.30. The van der Waals surface area contributed by atoms with Crippen LogP contribution in [0.5, 0.6) is 5.75 Å². The van der Waals surface area contributed by atoms with Crippen molar-refractivity contribution < 1.29 is 9.84 Å². The lowest BCUT2D eigenvalue weighted by Gasteiger charge is -2.19. The first-order valence-electron chi connectivity index (χ1n) is 5.32. The molecule has 15 heavy (non-hydrogen) atoms. The lowest BCUT2D eigenvalue weighted by molar-refractivity contribution is 0.145. The number of methoxy groups -OCH3 is 1. The van der Waals surface area contributed by atoms with Crippen LogP contribution in [0.15, 0.2) is 24.3 Å². The van der Waals surface area contributed by atoms with Crippen molar-refractivity contribution in [2.45, 2.75) is 12.5 Å². The van der Waals surface area contributed by atoms with Crippen molar-refractivity contribution in [3.05, 3.63) is 29.8 Å². The van der Waals surface area contributed by atoms with Gasteiger partial charge in [-0.3, -0.25) is 0 Å². The van der Waals surface area contributed by atoms with Crippen LogP contribution in [0.3, 0.4) is 0 Å². The molecule has 82 valence electrons. The first kappa shape index (κ1) is 10.5. The summed E-state index contributed by atoms with van der Waals surface area (Å²) in [6.07, 6.45) is 1.15. The van der Waals surface area contributed by atoms with Gasteiger partial charge in [-0.25, -0.2) is 0 Å². The lowest BCUT2D eigenvalue weighted by atomic mass is 9.95. The number of benzene rings is 1. The van der Waals surface area contributed by atoms with Crippen molar-refractivity contribution >= 4 is 0 Å². The highest BCUT2D eigenvalue weighted by Gasteiger charge is 2.27. The minimum atomic E-state index is 0.319. The fourth-order valence-corrected chi connectivity index (χ4v) is 2.22. The van der Waals surface area contributed by atoms with E-state index in [0.29, 0.717) is 17.7 Å². The van der Waals surface area contributed by atoms with E-state index in [1.165, 1.54) is 5.56 Å². The molecule has 2 rings (SSSR count). The zero-order chi connectivity index (χ0) is 10.7. The first-order valence-corrected chi connectivity index (χ1v) is 5.32. The van der Waals surface area contributed by atoms with Gasteiger partial charge in [-0.2, -0.15) is 0 Å². The highest BCUT2D eigenvalue weighted by Crippen LogP contribution is 2.30. The molecular formula is C12H17NO2. The Labute approximate surface area is 90.1 Å². The van der Waals surface area contributed by atoms with Crippen LogP contribution in [0.25, 0.3) is 0 Å². The van der Waals surface area contributed by atoms with Crippen molar-refractivity contribution in [2.24, 2.45) is 5.92 Å². The summed E-state index contributed by atoms with van der Waals surface area (Å²) >= 11 is 0. The SMILES string of the molecule is COCC1CCNC1c1ccc(O)cc1. The quantitative estimate of drug-likeness (QED) is 0.792. The van der Waals surface area contributed by atoms with E-state index < -0.39 is 0 Å². The molecule has 2 N–H and O–H groups in total. The van der Waals surface area contributed by atoms with Gasteiger partial charge in [0, 0.05) is 19.1 Å². The third-order valence-electron chi connectivity index (χ3n) is 2.98. The molecule has 0 radical (unpaired) electrons. The molecule has 3 heteroatoms. The fraction of sp³-hybridized carbons (Fsp3) is 0.500. The molecular weight excluding hydrogens is 190 g/mol. The average molecular weight is 207 g/mol. The molecule has 0 saturated carbocycles. The number of phenols is 1. The molecule has 1 fully saturated rings. The van der Waals surface area contributed by atoms with Crippen LogP contribution < -0.4 is 5.32 Å². The van der Waals surface area contributed by atoms with E-state index in [9.17, 15) is 5.11 Å². The molecule has 0 aromatic heterocycles. The van der Waals surface area contributed by atoms with Crippen LogP contribution in [0, 0.1) is 5.92 Å². The van der Waals surface area contributed by atoms with Gasteiger partial charge in [-0.05, 0) is 30.7 Å². The number of nitrogens with one attached hydrogen (secondary N) is 1. The molecule has 0 spiro atoms. The summed E-state index contributed by atoms with van der Waals surface area (Å²) < 4.78 is 5.21. The summed E-state index contributed by atoms with van der Waals surface area (Å²) in [6, 6.07) is 7.78. The minimum absolute atomic E-state index is 0.319. The van der Waals surface area contributed by atoms with Crippen LogP contribution in [-0.4, -0.2) is 25.4 Å². The molecule has 1 heterocycles. The molecule has 0 amide bonds. The maximum atomic E-state index is 9.22. The zero-order valence-corrected chi connectivity index (χ0v) is 8.94. The zero-order valence-electron chi connectivity index (χ0n) is 8.94. The summed E-state index contributed by atoms with van der Waals surface area (Å²) in [4.78, 5) is 0. The van der Waals surface area contributed by atoms with Crippen LogP contribution in [0.1, 0.15) is 18.0 Å². The highest BCUT2D eigenvalue weighted by atomic mass is 16.5. The minimum Gasteiger partial charge on any atom is -0.508 e. The van der Waals surface area contributed by atoms with Crippen LogP contribution in [-0.2, 0) is 4.74 Å². The number of hydrogen-bond donors (Lipinski definition) is 2. The van der Waals surface area contributed by atoms with E-state index in [4.69, 9.17) is 4.74 Å². The largest absolute Gasteiger partial charge is 0.508 e. The third-order valence-corrected chi connectivity index (χ3v) is 2.98. The highest BCUT2D eigenvalue weighted by molar-refractivity contribution is 5.29. The van der Waals surface area contributed by atoms with Gasteiger partial charge in [-0.15, -0.1) is 0 Å². The first-order chi connectivity index (χ1) is 7.31. The van der Waals surface area contributed by atoms with E-state index in [1.807, 2.05) is 12.1 Å². The number of phenolic OH excluding ortho intramolecular Hbond substituents is 1. The Morgan fingerprint density at radius 2 is 2.13 bits per heavy atom. The van der Waals surface area contributed by atoms with E-state index in [2.05, 4.69) is 5.32 Å². The van der Waals surface area contributed by atoms with Gasteiger partial charge in [0.2, 0.25) is 0 Å². The van der Waals surface area contributed by atoms with Crippen LogP contribution in [0.2, 0.25) is 0 Å². The monoisotopic (exact) mass is 207 g/mol. The standard InChI is InChI=1S/C12H17NO2/c1-15-8-10-6-7-13-12(10)9-2-4-11(14)5-3-9/h2-5,10,12-14H,6-8H2,1H3. The Morgan fingerprint density at radius 3 is 2.80 bits per heavy atom. The van der Waals surface area contributed by atoms with E-state index in [0.717, 1.165) is 19.6 Å². The smallest absolute Gasteiger partial charge is 0.115 e. The molecule has 0 bridgehead atoms. The lowest BCUT2D eigenvalue weighted by Crippen LogP contribution is -2.20. The maximum Gasteiger partial charge on any atom is 0.115 e. The van der Waals surface area contributed by atoms with Gasteiger partial charge in [0.15, 0.2) is 0 Å². The average Bonchev–Trinajstić information content (AvgIpc) is 2.68. The number of ether oxygens (including phenoxy) is 1. The predicted molar refractivity (Wildman–Crippen MR) is 58.8 cm³/mol. The number of hydrogen-bond acceptors (Lipinski definition) is 3. The second-order valence-electron chi connectivity index (χ2n) is 4.03. The molecule has 1 aromatic carbocycles. The van der Waals surface area contributed by atoms with Gasteiger partial charge in [0.1, 0.15) is 5.75 Å². The molecule has 1 saturated heterocycles.